The summed E-state index contributed by atoms with van der Waals surface area (Å²) < 4.78 is 11.5. The van der Waals surface area contributed by atoms with Gasteiger partial charge in [-0.2, -0.15) is 0 Å². The Labute approximate surface area is 169 Å². The summed E-state index contributed by atoms with van der Waals surface area (Å²) in [5.74, 6) is 1.56. The lowest BCUT2D eigenvalue weighted by atomic mass is 9.86. The molecule has 1 N–H and O–H groups in total. The maximum Gasteiger partial charge on any atom is 0.257 e. The number of ether oxygens (including phenoxy) is 2. The van der Waals surface area contributed by atoms with E-state index in [9.17, 15) is 4.79 Å². The summed E-state index contributed by atoms with van der Waals surface area (Å²) in [6.45, 7) is 11.1. The minimum atomic E-state index is -0.0967. The fraction of sp³-hybridized carbons (Fsp3) is 0.458. The van der Waals surface area contributed by atoms with Crippen LogP contribution in [0.1, 0.15) is 52.2 Å². The number of nitrogens with one attached hydrogen (secondary N) is 1. The molecule has 0 aliphatic carbocycles. The molecule has 0 aliphatic rings. The Morgan fingerprint density at radius 2 is 1.82 bits per heavy atom. The Morgan fingerprint density at radius 1 is 1.07 bits per heavy atom. The van der Waals surface area contributed by atoms with Gasteiger partial charge >= 0.3 is 0 Å². The summed E-state index contributed by atoms with van der Waals surface area (Å²) in [4.78, 5) is 12.1. The topological polar surface area (TPSA) is 47.6 Å². The maximum absolute atomic E-state index is 12.1. The van der Waals surface area contributed by atoms with Crippen LogP contribution >= 0.6 is 0 Å². The van der Waals surface area contributed by atoms with Gasteiger partial charge in [-0.25, -0.2) is 0 Å². The Morgan fingerprint density at radius 3 is 2.54 bits per heavy atom. The van der Waals surface area contributed by atoms with Crippen molar-refractivity contribution in [3.8, 4) is 11.5 Å². The molecule has 2 rings (SSSR count). The summed E-state index contributed by atoms with van der Waals surface area (Å²) in [7, 11) is 0. The molecular formula is C24H33NO3. The minimum Gasteiger partial charge on any atom is -0.491 e. The highest BCUT2D eigenvalue weighted by Crippen LogP contribution is 2.30. The van der Waals surface area contributed by atoms with Gasteiger partial charge in [0.1, 0.15) is 11.5 Å². The van der Waals surface area contributed by atoms with Gasteiger partial charge in [0.15, 0.2) is 6.61 Å². The average Bonchev–Trinajstić information content (AvgIpc) is 2.63. The van der Waals surface area contributed by atoms with E-state index in [0.29, 0.717) is 6.54 Å². The molecule has 0 atom stereocenters. The van der Waals surface area contributed by atoms with E-state index < -0.39 is 0 Å². The van der Waals surface area contributed by atoms with E-state index in [1.54, 1.807) is 0 Å². The largest absolute Gasteiger partial charge is 0.491 e. The fourth-order valence-electron chi connectivity index (χ4n) is 2.97. The summed E-state index contributed by atoms with van der Waals surface area (Å²) in [5.41, 5.74) is 2.29. The van der Waals surface area contributed by atoms with Gasteiger partial charge in [0.25, 0.3) is 5.91 Å². The lowest BCUT2D eigenvalue weighted by molar-refractivity contribution is -0.123. The molecule has 0 spiro atoms. The molecule has 2 aromatic rings. The highest BCUT2D eigenvalue weighted by atomic mass is 16.5. The van der Waals surface area contributed by atoms with Gasteiger partial charge in [-0.05, 0) is 61.4 Å². The van der Waals surface area contributed by atoms with Crippen LogP contribution < -0.4 is 14.8 Å². The number of carbonyl (C=O) groups excluding carboxylic acids is 1. The molecule has 0 fully saturated rings. The van der Waals surface area contributed by atoms with Crippen molar-refractivity contribution in [2.45, 2.75) is 59.0 Å². The first kappa shape index (κ1) is 21.8. The molecule has 0 bridgehead atoms. The van der Waals surface area contributed by atoms with Gasteiger partial charge in [0.2, 0.25) is 0 Å². The maximum atomic E-state index is 12.1. The number of para-hydroxylation sites is 1. The Bertz CT molecular complexity index is 762. The Balaban J connectivity index is 1.74. The van der Waals surface area contributed by atoms with Gasteiger partial charge < -0.3 is 14.8 Å². The standard InChI is InChI=1S/C24H33NO3/c1-18(2)28-20-12-8-10-19(16-20)11-9-15-25-23(26)17-27-22-14-7-6-13-21(22)24(3,4)5/h6-8,10,12-14,16,18H,9,11,15,17H2,1-5H3,(H,25,26). The summed E-state index contributed by atoms with van der Waals surface area (Å²) in [6.07, 6.45) is 1.93. The molecule has 0 saturated carbocycles. The van der Waals surface area contributed by atoms with Crippen molar-refractivity contribution in [3.05, 3.63) is 59.7 Å². The third kappa shape index (κ3) is 7.26. The quantitative estimate of drug-likeness (QED) is 0.627. The highest BCUT2D eigenvalue weighted by Gasteiger charge is 2.18. The zero-order chi connectivity index (χ0) is 20.6. The number of hydrogen-bond acceptors (Lipinski definition) is 3. The second-order valence-corrected chi connectivity index (χ2v) is 8.30. The van der Waals surface area contributed by atoms with Crippen LogP contribution in [0, 0.1) is 0 Å². The molecule has 152 valence electrons. The number of aryl methyl sites for hydroxylation is 1. The Hall–Kier alpha value is -2.49. The van der Waals surface area contributed by atoms with E-state index in [-0.39, 0.29) is 24.0 Å². The van der Waals surface area contributed by atoms with Crippen LogP contribution in [0.5, 0.6) is 11.5 Å². The minimum absolute atomic E-state index is 0.0269. The third-order valence-corrected chi connectivity index (χ3v) is 4.29. The highest BCUT2D eigenvalue weighted by molar-refractivity contribution is 5.77. The van der Waals surface area contributed by atoms with Crippen molar-refractivity contribution in [1.29, 1.82) is 0 Å². The van der Waals surface area contributed by atoms with Crippen molar-refractivity contribution in [2.24, 2.45) is 0 Å². The van der Waals surface area contributed by atoms with Crippen LogP contribution in [-0.4, -0.2) is 25.2 Å². The van der Waals surface area contributed by atoms with Crippen molar-refractivity contribution in [1.82, 2.24) is 5.32 Å². The number of benzene rings is 2. The summed E-state index contributed by atoms with van der Waals surface area (Å²) in [6, 6.07) is 16.0. The van der Waals surface area contributed by atoms with Crippen molar-refractivity contribution >= 4 is 5.91 Å². The molecule has 2 aromatic carbocycles. The molecule has 0 heterocycles. The van der Waals surface area contributed by atoms with E-state index in [2.05, 4.69) is 38.2 Å². The van der Waals surface area contributed by atoms with E-state index in [1.165, 1.54) is 5.56 Å². The van der Waals surface area contributed by atoms with Crippen LogP contribution in [0.3, 0.4) is 0 Å². The van der Waals surface area contributed by atoms with Gasteiger partial charge in [0, 0.05) is 6.54 Å². The van der Waals surface area contributed by atoms with Gasteiger partial charge in [0.05, 0.1) is 6.10 Å². The number of carbonyl (C=O) groups is 1. The summed E-state index contributed by atoms with van der Waals surface area (Å²) in [5, 5.41) is 2.93. The average molecular weight is 384 g/mol. The monoisotopic (exact) mass is 383 g/mol. The van der Waals surface area contributed by atoms with E-state index in [1.807, 2.05) is 50.2 Å². The molecule has 0 saturated heterocycles. The third-order valence-electron chi connectivity index (χ3n) is 4.29. The van der Waals surface area contributed by atoms with E-state index in [0.717, 1.165) is 29.9 Å². The first-order valence-corrected chi connectivity index (χ1v) is 10.0. The van der Waals surface area contributed by atoms with Crippen LogP contribution in [0.4, 0.5) is 0 Å². The summed E-state index contributed by atoms with van der Waals surface area (Å²) >= 11 is 0. The first-order valence-electron chi connectivity index (χ1n) is 10.0. The number of hydrogen-bond donors (Lipinski definition) is 1. The molecule has 4 nitrogen and oxygen atoms in total. The molecule has 0 unspecified atom stereocenters. The smallest absolute Gasteiger partial charge is 0.257 e. The van der Waals surface area contributed by atoms with Crippen LogP contribution in [0.25, 0.3) is 0 Å². The van der Waals surface area contributed by atoms with Gasteiger partial charge in [-0.3, -0.25) is 4.79 Å². The molecule has 1 amide bonds. The molecule has 0 aliphatic heterocycles. The lowest BCUT2D eigenvalue weighted by Gasteiger charge is -2.22. The fourth-order valence-corrected chi connectivity index (χ4v) is 2.97. The SMILES string of the molecule is CC(C)Oc1cccc(CCCNC(=O)COc2ccccc2C(C)(C)C)c1. The second kappa shape index (κ2) is 10.2. The van der Waals surface area contributed by atoms with Gasteiger partial charge in [-0.1, -0.05) is 51.1 Å². The first-order chi connectivity index (χ1) is 13.3. The van der Waals surface area contributed by atoms with Crippen molar-refractivity contribution in [3.63, 3.8) is 0 Å². The molecule has 0 radical (unpaired) electrons. The molecule has 28 heavy (non-hydrogen) atoms. The van der Waals surface area contributed by atoms with Crippen molar-refractivity contribution < 1.29 is 14.3 Å². The lowest BCUT2D eigenvalue weighted by Crippen LogP contribution is -2.30. The zero-order valence-corrected chi connectivity index (χ0v) is 17.7. The van der Waals surface area contributed by atoms with E-state index in [4.69, 9.17) is 9.47 Å². The molecule has 4 heteroatoms. The number of rotatable bonds is 9. The van der Waals surface area contributed by atoms with Crippen LogP contribution in [0.15, 0.2) is 48.5 Å². The van der Waals surface area contributed by atoms with Crippen LogP contribution in [-0.2, 0) is 16.6 Å². The van der Waals surface area contributed by atoms with E-state index >= 15 is 0 Å². The van der Waals surface area contributed by atoms with Crippen molar-refractivity contribution in [2.75, 3.05) is 13.2 Å². The predicted octanol–water partition coefficient (Wildman–Crippen LogP) is 4.90. The van der Waals surface area contributed by atoms with Crippen LogP contribution in [0.2, 0.25) is 0 Å². The zero-order valence-electron chi connectivity index (χ0n) is 17.7. The predicted molar refractivity (Wildman–Crippen MR) is 114 cm³/mol. The molecule has 0 aromatic heterocycles. The Kier molecular flexibility index (Phi) is 7.91. The van der Waals surface area contributed by atoms with Gasteiger partial charge in [-0.15, -0.1) is 0 Å². The second-order valence-electron chi connectivity index (χ2n) is 8.30. The normalized spacial score (nSPS) is 11.4. The molecular weight excluding hydrogens is 350 g/mol. The number of amides is 1.